The lowest BCUT2D eigenvalue weighted by Gasteiger charge is -2.25. The minimum Gasteiger partial charge on any atom is -0.497 e. The first-order valence-electron chi connectivity index (χ1n) is 5.80. The summed E-state index contributed by atoms with van der Waals surface area (Å²) in [6.45, 7) is 1.71. The molecule has 2 heterocycles. The van der Waals surface area contributed by atoms with Gasteiger partial charge in [0.15, 0.2) is 0 Å². The number of ether oxygens (including phenoxy) is 2. The Morgan fingerprint density at radius 3 is 3.00 bits per heavy atom. The van der Waals surface area contributed by atoms with Crippen LogP contribution in [0.1, 0.15) is 32.1 Å². The van der Waals surface area contributed by atoms with Crippen LogP contribution < -0.4 is 11.3 Å². The second kappa shape index (κ2) is 5.49. The highest BCUT2D eigenvalue weighted by Gasteiger charge is 2.24. The summed E-state index contributed by atoms with van der Waals surface area (Å²) in [5, 5.41) is 0. The van der Waals surface area contributed by atoms with Gasteiger partial charge in [-0.15, -0.1) is 0 Å². The first-order chi connectivity index (χ1) is 7.40. The van der Waals surface area contributed by atoms with Crippen molar-refractivity contribution in [2.75, 3.05) is 13.2 Å². The molecule has 4 nitrogen and oxygen atoms in total. The molecule has 0 bridgehead atoms. The third kappa shape index (κ3) is 2.93. The molecule has 2 rings (SSSR count). The Balaban J connectivity index is 1.87. The van der Waals surface area contributed by atoms with Gasteiger partial charge < -0.3 is 9.47 Å². The lowest BCUT2D eigenvalue weighted by molar-refractivity contribution is 0.0847. The Bertz CT molecular complexity index is 225. The lowest BCUT2D eigenvalue weighted by atomic mass is 10.0. The largest absolute Gasteiger partial charge is 0.497 e. The van der Waals surface area contributed by atoms with E-state index in [0.29, 0.717) is 6.10 Å². The number of nitrogens with one attached hydrogen (secondary N) is 1. The van der Waals surface area contributed by atoms with E-state index in [1.165, 1.54) is 6.42 Å². The van der Waals surface area contributed by atoms with E-state index in [4.69, 9.17) is 15.3 Å². The monoisotopic (exact) mass is 212 g/mol. The van der Waals surface area contributed by atoms with Crippen LogP contribution in [0.5, 0.6) is 0 Å². The van der Waals surface area contributed by atoms with E-state index in [1.807, 2.05) is 0 Å². The van der Waals surface area contributed by atoms with Crippen molar-refractivity contribution in [3.05, 3.63) is 11.8 Å². The molecular formula is C11H20N2O2. The summed E-state index contributed by atoms with van der Waals surface area (Å²) in [5.41, 5.74) is 2.83. The summed E-state index contributed by atoms with van der Waals surface area (Å²) >= 11 is 0. The van der Waals surface area contributed by atoms with Crippen LogP contribution in [0.4, 0.5) is 0 Å². The van der Waals surface area contributed by atoms with Crippen LogP contribution in [0.25, 0.3) is 0 Å². The molecular weight excluding hydrogens is 192 g/mol. The Morgan fingerprint density at radius 2 is 2.40 bits per heavy atom. The number of hydrazine groups is 1. The highest BCUT2D eigenvalue weighted by Crippen LogP contribution is 2.22. The van der Waals surface area contributed by atoms with Gasteiger partial charge in [0.05, 0.1) is 18.8 Å². The van der Waals surface area contributed by atoms with E-state index in [1.54, 1.807) is 0 Å². The van der Waals surface area contributed by atoms with Crippen molar-refractivity contribution in [1.29, 1.82) is 0 Å². The predicted molar refractivity (Wildman–Crippen MR) is 58.0 cm³/mol. The van der Waals surface area contributed by atoms with E-state index >= 15 is 0 Å². The van der Waals surface area contributed by atoms with Gasteiger partial charge in [0.1, 0.15) is 5.76 Å². The molecule has 2 aliphatic heterocycles. The third-order valence-electron chi connectivity index (χ3n) is 3.03. The van der Waals surface area contributed by atoms with E-state index in [2.05, 4.69) is 11.5 Å². The quantitative estimate of drug-likeness (QED) is 0.541. The Labute approximate surface area is 90.8 Å². The SMILES string of the molecule is NNC(CC1CCCO1)C1=CCCCO1. The smallest absolute Gasteiger partial charge is 0.110 e. The van der Waals surface area contributed by atoms with Gasteiger partial charge in [0.25, 0.3) is 0 Å². The highest BCUT2D eigenvalue weighted by molar-refractivity contribution is 5.05. The molecule has 2 atom stereocenters. The summed E-state index contributed by atoms with van der Waals surface area (Å²) in [6.07, 6.45) is 7.93. The van der Waals surface area contributed by atoms with Crippen LogP contribution in [0.3, 0.4) is 0 Å². The third-order valence-corrected chi connectivity index (χ3v) is 3.03. The van der Waals surface area contributed by atoms with Crippen molar-refractivity contribution in [3.63, 3.8) is 0 Å². The standard InChI is InChI=1S/C11H20N2O2/c12-13-10(8-9-4-3-7-14-9)11-5-1-2-6-15-11/h5,9-10,13H,1-4,6-8,12H2. The molecule has 0 radical (unpaired) electrons. The Hall–Kier alpha value is -0.580. The molecule has 1 fully saturated rings. The van der Waals surface area contributed by atoms with Crippen LogP contribution in [-0.2, 0) is 9.47 Å². The van der Waals surface area contributed by atoms with Crippen molar-refractivity contribution in [1.82, 2.24) is 5.43 Å². The lowest BCUT2D eigenvalue weighted by Crippen LogP contribution is -2.40. The fourth-order valence-electron chi connectivity index (χ4n) is 2.18. The molecule has 0 aliphatic carbocycles. The molecule has 0 saturated carbocycles. The van der Waals surface area contributed by atoms with Gasteiger partial charge in [-0.2, -0.15) is 0 Å². The fourth-order valence-corrected chi connectivity index (χ4v) is 2.18. The summed E-state index contributed by atoms with van der Waals surface area (Å²) in [4.78, 5) is 0. The summed E-state index contributed by atoms with van der Waals surface area (Å²) < 4.78 is 11.2. The van der Waals surface area contributed by atoms with Gasteiger partial charge in [0.2, 0.25) is 0 Å². The molecule has 15 heavy (non-hydrogen) atoms. The first kappa shape index (κ1) is 10.9. The zero-order valence-corrected chi connectivity index (χ0v) is 9.08. The molecule has 0 aromatic rings. The van der Waals surface area contributed by atoms with Crippen molar-refractivity contribution < 1.29 is 9.47 Å². The van der Waals surface area contributed by atoms with Gasteiger partial charge in [-0.25, -0.2) is 5.43 Å². The van der Waals surface area contributed by atoms with Crippen LogP contribution in [0.2, 0.25) is 0 Å². The van der Waals surface area contributed by atoms with Crippen LogP contribution in [-0.4, -0.2) is 25.4 Å². The van der Waals surface area contributed by atoms with Crippen molar-refractivity contribution >= 4 is 0 Å². The number of hydrogen-bond donors (Lipinski definition) is 2. The molecule has 0 amide bonds. The molecule has 2 unspecified atom stereocenters. The van der Waals surface area contributed by atoms with Crippen LogP contribution >= 0.6 is 0 Å². The van der Waals surface area contributed by atoms with Crippen LogP contribution in [0.15, 0.2) is 11.8 Å². The van der Waals surface area contributed by atoms with Gasteiger partial charge >= 0.3 is 0 Å². The van der Waals surface area contributed by atoms with Crippen molar-refractivity contribution in [2.45, 2.75) is 44.2 Å². The second-order valence-corrected chi connectivity index (χ2v) is 4.19. The molecule has 3 N–H and O–H groups in total. The minimum atomic E-state index is 0.119. The maximum absolute atomic E-state index is 5.60. The maximum atomic E-state index is 5.60. The predicted octanol–water partition coefficient (Wildman–Crippen LogP) is 1.08. The molecule has 2 aliphatic rings. The zero-order chi connectivity index (χ0) is 10.5. The zero-order valence-electron chi connectivity index (χ0n) is 9.08. The molecule has 4 heteroatoms. The topological polar surface area (TPSA) is 56.5 Å². The van der Waals surface area contributed by atoms with Gasteiger partial charge in [-0.3, -0.25) is 5.84 Å². The molecule has 0 aromatic carbocycles. The first-order valence-corrected chi connectivity index (χ1v) is 5.80. The maximum Gasteiger partial charge on any atom is 0.110 e. The van der Waals surface area contributed by atoms with Crippen molar-refractivity contribution in [3.8, 4) is 0 Å². The van der Waals surface area contributed by atoms with E-state index < -0.39 is 0 Å². The number of hydrogen-bond acceptors (Lipinski definition) is 4. The number of rotatable bonds is 4. The molecule has 0 spiro atoms. The fraction of sp³-hybridized carbons (Fsp3) is 0.818. The summed E-state index contributed by atoms with van der Waals surface area (Å²) in [7, 11) is 0. The minimum absolute atomic E-state index is 0.119. The van der Waals surface area contributed by atoms with Crippen LogP contribution in [0, 0.1) is 0 Å². The van der Waals surface area contributed by atoms with Crippen molar-refractivity contribution in [2.24, 2.45) is 5.84 Å². The number of allylic oxidation sites excluding steroid dienone is 1. The average Bonchev–Trinajstić information content (AvgIpc) is 2.80. The molecule has 1 saturated heterocycles. The average molecular weight is 212 g/mol. The number of nitrogens with two attached hydrogens (primary N) is 1. The normalized spacial score (nSPS) is 28.3. The Kier molecular flexibility index (Phi) is 4.00. The van der Waals surface area contributed by atoms with Gasteiger partial charge in [-0.05, 0) is 38.2 Å². The van der Waals surface area contributed by atoms with E-state index in [0.717, 1.165) is 44.7 Å². The summed E-state index contributed by atoms with van der Waals surface area (Å²) in [6, 6.07) is 0.119. The molecule has 86 valence electrons. The Morgan fingerprint density at radius 1 is 1.47 bits per heavy atom. The highest BCUT2D eigenvalue weighted by atomic mass is 16.5. The second-order valence-electron chi connectivity index (χ2n) is 4.19. The summed E-state index contributed by atoms with van der Waals surface area (Å²) in [5.74, 6) is 6.55. The van der Waals surface area contributed by atoms with E-state index in [-0.39, 0.29) is 6.04 Å². The van der Waals surface area contributed by atoms with Gasteiger partial charge in [0, 0.05) is 6.61 Å². The molecule has 0 aromatic heterocycles. The van der Waals surface area contributed by atoms with Gasteiger partial charge in [-0.1, -0.05) is 0 Å². The van der Waals surface area contributed by atoms with E-state index in [9.17, 15) is 0 Å².